The van der Waals surface area contributed by atoms with E-state index in [-0.39, 0.29) is 16.8 Å². The Hall–Kier alpha value is -1.25. The molecule has 0 saturated heterocycles. The number of nitrogens with one attached hydrogen (secondary N) is 1. The van der Waals surface area contributed by atoms with Crippen LogP contribution in [0, 0.1) is 0 Å². The fourth-order valence-electron chi connectivity index (χ4n) is 1.27. The van der Waals surface area contributed by atoms with Crippen molar-refractivity contribution in [3.8, 4) is 0 Å². The van der Waals surface area contributed by atoms with E-state index in [0.29, 0.717) is 6.61 Å². The smallest absolute Gasteiger partial charge is 0.271 e. The summed E-state index contributed by atoms with van der Waals surface area (Å²) >= 11 is 5.79. The van der Waals surface area contributed by atoms with Crippen molar-refractivity contribution in [2.45, 2.75) is 18.1 Å². The molecule has 0 radical (unpaired) electrons. The van der Waals surface area contributed by atoms with Gasteiger partial charge in [-0.15, -0.1) is 0 Å². The lowest BCUT2D eigenvalue weighted by molar-refractivity contribution is 0.0900. The molecule has 0 aromatic carbocycles. The largest absolute Gasteiger partial charge is 0.383 e. The second kappa shape index (κ2) is 6.27. The number of halogens is 1. The normalized spacial score (nSPS) is 13.1. The highest BCUT2D eigenvalue weighted by Gasteiger charge is 2.19. The zero-order valence-electron chi connectivity index (χ0n) is 10.7. The molecule has 0 aliphatic heterocycles. The SMILES string of the molecule is COCC(C)NC(=O)c1nc(S(C)(=O)=O)ncc1Cl. The molecule has 1 atom stereocenters. The summed E-state index contributed by atoms with van der Waals surface area (Å²) in [4.78, 5) is 19.1. The molecule has 1 amide bonds. The molecule has 7 nitrogen and oxygen atoms in total. The van der Waals surface area contributed by atoms with E-state index in [4.69, 9.17) is 16.3 Å². The summed E-state index contributed by atoms with van der Waals surface area (Å²) in [5.74, 6) is -0.582. The topological polar surface area (TPSA) is 98.2 Å². The van der Waals surface area contributed by atoms with E-state index >= 15 is 0 Å². The number of carbonyl (C=O) groups is 1. The third-order valence-electron chi connectivity index (χ3n) is 2.06. The van der Waals surface area contributed by atoms with Crippen molar-refractivity contribution in [3.63, 3.8) is 0 Å². The minimum absolute atomic E-state index is 0.0190. The molecular weight excluding hydrogens is 294 g/mol. The van der Waals surface area contributed by atoms with Crippen LogP contribution in [0.15, 0.2) is 11.4 Å². The van der Waals surface area contributed by atoms with Crippen molar-refractivity contribution in [1.82, 2.24) is 15.3 Å². The molecule has 1 unspecified atom stereocenters. The number of carbonyl (C=O) groups excluding carboxylic acids is 1. The Morgan fingerprint density at radius 3 is 2.74 bits per heavy atom. The highest BCUT2D eigenvalue weighted by Crippen LogP contribution is 2.14. The van der Waals surface area contributed by atoms with Crippen LogP contribution in [0.1, 0.15) is 17.4 Å². The van der Waals surface area contributed by atoms with Crippen LogP contribution in [0.2, 0.25) is 5.02 Å². The molecule has 1 N–H and O–H groups in total. The summed E-state index contributed by atoms with van der Waals surface area (Å²) in [6, 6.07) is -0.259. The van der Waals surface area contributed by atoms with E-state index in [1.54, 1.807) is 6.92 Å². The molecule has 1 heterocycles. The summed E-state index contributed by atoms with van der Waals surface area (Å²) in [7, 11) is -2.10. The third-order valence-corrected chi connectivity index (χ3v) is 3.20. The Labute approximate surface area is 116 Å². The van der Waals surface area contributed by atoms with Gasteiger partial charge in [0.25, 0.3) is 5.91 Å². The molecule has 1 aromatic rings. The second-order valence-corrected chi connectivity index (χ2v) is 6.27. The first-order valence-corrected chi connectivity index (χ1v) is 7.55. The quantitative estimate of drug-likeness (QED) is 0.786. The van der Waals surface area contributed by atoms with Crippen LogP contribution in [-0.2, 0) is 14.6 Å². The van der Waals surface area contributed by atoms with E-state index in [0.717, 1.165) is 12.5 Å². The molecule has 0 aliphatic carbocycles. The van der Waals surface area contributed by atoms with Crippen molar-refractivity contribution in [2.75, 3.05) is 20.0 Å². The number of ether oxygens (including phenoxy) is 1. The van der Waals surface area contributed by atoms with Gasteiger partial charge in [0, 0.05) is 19.4 Å². The molecule has 1 aromatic heterocycles. The summed E-state index contributed by atoms with van der Waals surface area (Å²) in [5.41, 5.74) is -0.181. The van der Waals surface area contributed by atoms with Gasteiger partial charge in [0.2, 0.25) is 15.0 Å². The van der Waals surface area contributed by atoms with Gasteiger partial charge in [-0.1, -0.05) is 11.6 Å². The maximum Gasteiger partial charge on any atom is 0.271 e. The van der Waals surface area contributed by atoms with E-state index in [9.17, 15) is 13.2 Å². The maximum atomic E-state index is 11.9. The van der Waals surface area contributed by atoms with Crippen LogP contribution in [0.3, 0.4) is 0 Å². The minimum Gasteiger partial charge on any atom is -0.383 e. The fraction of sp³-hybridized carbons (Fsp3) is 0.500. The monoisotopic (exact) mass is 307 g/mol. The van der Waals surface area contributed by atoms with E-state index in [2.05, 4.69) is 15.3 Å². The predicted octanol–water partition coefficient (Wildman–Crippen LogP) is 0.298. The number of sulfone groups is 1. The zero-order valence-corrected chi connectivity index (χ0v) is 12.2. The molecule has 1 rings (SSSR count). The van der Waals surface area contributed by atoms with Crippen LogP contribution < -0.4 is 5.32 Å². The third kappa shape index (κ3) is 4.41. The standard InChI is InChI=1S/C10H14ClN3O4S/c1-6(5-18-2)13-9(15)8-7(11)4-12-10(14-8)19(3,16)17/h4,6H,5H2,1-3H3,(H,13,15). The highest BCUT2D eigenvalue weighted by molar-refractivity contribution is 7.90. The lowest BCUT2D eigenvalue weighted by Gasteiger charge is -2.12. The maximum absolute atomic E-state index is 11.9. The molecule has 0 spiro atoms. The Balaban J connectivity index is 3.03. The van der Waals surface area contributed by atoms with Gasteiger partial charge in [0.05, 0.1) is 17.8 Å². The summed E-state index contributed by atoms with van der Waals surface area (Å²) < 4.78 is 27.5. The van der Waals surface area contributed by atoms with Gasteiger partial charge in [0.15, 0.2) is 5.69 Å². The average molecular weight is 308 g/mol. The van der Waals surface area contributed by atoms with Crippen LogP contribution in [0.25, 0.3) is 0 Å². The number of amides is 1. The first-order valence-electron chi connectivity index (χ1n) is 5.28. The average Bonchev–Trinajstić information content (AvgIpc) is 2.27. The van der Waals surface area contributed by atoms with Gasteiger partial charge in [-0.25, -0.2) is 18.4 Å². The molecule has 0 fully saturated rings. The first-order chi connectivity index (χ1) is 8.75. The van der Waals surface area contributed by atoms with Gasteiger partial charge in [-0.2, -0.15) is 0 Å². The molecule has 0 aliphatic rings. The highest BCUT2D eigenvalue weighted by atomic mass is 35.5. The van der Waals surface area contributed by atoms with Crippen LogP contribution in [0.5, 0.6) is 0 Å². The minimum atomic E-state index is -3.60. The fourth-order valence-corrected chi connectivity index (χ4v) is 1.95. The number of nitrogens with zero attached hydrogens (tertiary/aromatic N) is 2. The number of hydrogen-bond acceptors (Lipinski definition) is 6. The van der Waals surface area contributed by atoms with Crippen molar-refractivity contribution in [3.05, 3.63) is 16.9 Å². The lowest BCUT2D eigenvalue weighted by Crippen LogP contribution is -2.36. The number of hydrogen-bond donors (Lipinski definition) is 1. The molecule has 0 saturated carbocycles. The summed E-state index contributed by atoms with van der Waals surface area (Å²) in [5, 5.41) is 2.12. The van der Waals surface area contributed by atoms with Gasteiger partial charge < -0.3 is 10.1 Å². The number of methoxy groups -OCH3 is 1. The van der Waals surface area contributed by atoms with Gasteiger partial charge in [0.1, 0.15) is 0 Å². The van der Waals surface area contributed by atoms with Crippen molar-refractivity contribution >= 4 is 27.3 Å². The zero-order chi connectivity index (χ0) is 14.6. The second-order valence-electron chi connectivity index (χ2n) is 3.95. The van der Waals surface area contributed by atoms with Crippen molar-refractivity contribution < 1.29 is 17.9 Å². The van der Waals surface area contributed by atoms with Crippen LogP contribution >= 0.6 is 11.6 Å². The van der Waals surface area contributed by atoms with E-state index < -0.39 is 20.9 Å². The molecule has 9 heteroatoms. The number of rotatable bonds is 5. The van der Waals surface area contributed by atoms with E-state index in [1.165, 1.54) is 7.11 Å². The van der Waals surface area contributed by atoms with Gasteiger partial charge >= 0.3 is 0 Å². The first kappa shape index (κ1) is 15.8. The van der Waals surface area contributed by atoms with Crippen molar-refractivity contribution in [1.29, 1.82) is 0 Å². The molecular formula is C10H14ClN3O4S. The van der Waals surface area contributed by atoms with Crippen LogP contribution in [0.4, 0.5) is 0 Å². The summed E-state index contributed by atoms with van der Waals surface area (Å²) in [6.07, 6.45) is 2.03. The number of aromatic nitrogens is 2. The van der Waals surface area contributed by atoms with Crippen molar-refractivity contribution in [2.24, 2.45) is 0 Å². The Bertz CT molecular complexity index is 576. The van der Waals surface area contributed by atoms with Gasteiger partial charge in [-0.3, -0.25) is 4.79 Å². The predicted molar refractivity (Wildman–Crippen MR) is 69.0 cm³/mol. The molecule has 106 valence electrons. The lowest BCUT2D eigenvalue weighted by atomic mass is 10.3. The Kier molecular flexibility index (Phi) is 5.21. The molecule has 19 heavy (non-hydrogen) atoms. The van der Waals surface area contributed by atoms with E-state index in [1.807, 2.05) is 0 Å². The van der Waals surface area contributed by atoms with Gasteiger partial charge in [-0.05, 0) is 6.92 Å². The summed E-state index contributed by atoms with van der Waals surface area (Å²) in [6.45, 7) is 2.04. The Morgan fingerprint density at radius 2 is 2.21 bits per heavy atom. The van der Waals surface area contributed by atoms with Crippen LogP contribution in [-0.4, -0.2) is 50.3 Å². The Morgan fingerprint density at radius 1 is 1.58 bits per heavy atom. The molecule has 0 bridgehead atoms.